The largest absolute Gasteiger partial charge is 0.332 e. The fourth-order valence-corrected chi connectivity index (χ4v) is 2.24. The molecule has 0 spiro atoms. The normalized spacial score (nSPS) is 15.9. The quantitative estimate of drug-likeness (QED) is 0.617. The molecule has 4 heteroatoms. The van der Waals surface area contributed by atoms with E-state index in [9.17, 15) is 9.59 Å². The summed E-state index contributed by atoms with van der Waals surface area (Å²) in [5.41, 5.74) is 1.62. The minimum absolute atomic E-state index is 0.0194. The first kappa shape index (κ1) is 13.5. The summed E-state index contributed by atoms with van der Waals surface area (Å²) < 4.78 is 0. The van der Waals surface area contributed by atoms with Crippen molar-refractivity contribution in [2.24, 2.45) is 10.4 Å². The number of carbonyl (C=O) groups is 1. The van der Waals surface area contributed by atoms with E-state index in [2.05, 4.69) is 4.99 Å². The second-order valence-corrected chi connectivity index (χ2v) is 5.95. The first-order valence-corrected chi connectivity index (χ1v) is 6.37. The van der Waals surface area contributed by atoms with E-state index in [0.717, 1.165) is 11.1 Å². The van der Waals surface area contributed by atoms with Gasteiger partial charge in [0.1, 0.15) is 0 Å². The van der Waals surface area contributed by atoms with Crippen molar-refractivity contribution >= 4 is 12.0 Å². The van der Waals surface area contributed by atoms with Gasteiger partial charge in [-0.3, -0.25) is 4.79 Å². The summed E-state index contributed by atoms with van der Waals surface area (Å²) >= 11 is 0. The highest BCUT2D eigenvalue weighted by Gasteiger charge is 2.32. The van der Waals surface area contributed by atoms with Crippen molar-refractivity contribution in [1.29, 1.82) is 0 Å². The molecule has 0 radical (unpaired) electrons. The average Bonchev–Trinajstić information content (AvgIpc) is 2.65. The van der Waals surface area contributed by atoms with Gasteiger partial charge in [-0.2, -0.15) is 0 Å². The van der Waals surface area contributed by atoms with E-state index in [0.29, 0.717) is 13.1 Å². The number of hydrogen-bond donors (Lipinski definition) is 0. The van der Waals surface area contributed by atoms with Crippen molar-refractivity contribution < 1.29 is 9.59 Å². The second kappa shape index (κ2) is 4.98. The lowest BCUT2D eigenvalue weighted by Crippen LogP contribution is -2.38. The Labute approximate surface area is 113 Å². The van der Waals surface area contributed by atoms with Crippen LogP contribution in [0.4, 0.5) is 0 Å². The molecule has 0 saturated heterocycles. The average molecular weight is 258 g/mol. The van der Waals surface area contributed by atoms with Gasteiger partial charge in [-0.05, 0) is 17.0 Å². The van der Waals surface area contributed by atoms with Gasteiger partial charge >= 0.3 is 0 Å². The van der Waals surface area contributed by atoms with Gasteiger partial charge < -0.3 is 4.90 Å². The van der Waals surface area contributed by atoms with E-state index in [4.69, 9.17) is 0 Å². The smallest absolute Gasteiger partial charge is 0.254 e. The summed E-state index contributed by atoms with van der Waals surface area (Å²) in [4.78, 5) is 28.4. The molecular formula is C15H18N2O2. The van der Waals surface area contributed by atoms with Gasteiger partial charge in [0, 0.05) is 18.7 Å². The lowest BCUT2D eigenvalue weighted by Gasteiger charge is -2.29. The molecule has 1 aliphatic rings. The lowest BCUT2D eigenvalue weighted by atomic mass is 9.87. The molecule has 0 bridgehead atoms. The van der Waals surface area contributed by atoms with E-state index in [1.807, 2.05) is 45.0 Å². The Balaban J connectivity index is 2.18. The van der Waals surface area contributed by atoms with Crippen LogP contribution >= 0.6 is 0 Å². The number of rotatable bonds is 3. The third-order valence-electron chi connectivity index (χ3n) is 3.50. The summed E-state index contributed by atoms with van der Waals surface area (Å²) in [6, 6.07) is 7.36. The van der Waals surface area contributed by atoms with Gasteiger partial charge in [-0.25, -0.2) is 9.79 Å². The minimum Gasteiger partial charge on any atom is -0.332 e. The summed E-state index contributed by atoms with van der Waals surface area (Å²) in [5, 5.41) is 0. The van der Waals surface area contributed by atoms with Crippen molar-refractivity contribution in [1.82, 2.24) is 4.90 Å². The van der Waals surface area contributed by atoms with Crippen LogP contribution in [0.3, 0.4) is 0 Å². The van der Waals surface area contributed by atoms with Crippen molar-refractivity contribution in [3.63, 3.8) is 0 Å². The van der Waals surface area contributed by atoms with Crippen LogP contribution in [-0.2, 0) is 11.3 Å². The molecule has 1 amide bonds. The first-order valence-electron chi connectivity index (χ1n) is 6.37. The number of carbonyl (C=O) groups excluding carboxylic acids is 2. The first-order chi connectivity index (χ1) is 8.93. The summed E-state index contributed by atoms with van der Waals surface area (Å²) in [5.74, 6) is 0.0194. The molecule has 1 atom stereocenters. The molecule has 0 aliphatic carbocycles. The SMILES string of the molecule is CC(C)(C)[C@@H](CN1Cc2ccccc2C1=O)N=C=O. The van der Waals surface area contributed by atoms with Gasteiger partial charge in [-0.15, -0.1) is 0 Å². The van der Waals surface area contributed by atoms with Crippen LogP contribution in [0.5, 0.6) is 0 Å². The highest BCUT2D eigenvalue weighted by molar-refractivity contribution is 5.98. The predicted octanol–water partition coefficient (Wildman–Crippen LogP) is 2.39. The molecule has 0 aromatic heterocycles. The van der Waals surface area contributed by atoms with Gasteiger partial charge in [0.05, 0.1) is 6.04 Å². The van der Waals surface area contributed by atoms with Crippen LogP contribution < -0.4 is 0 Å². The van der Waals surface area contributed by atoms with Crippen molar-refractivity contribution in [3.05, 3.63) is 35.4 Å². The van der Waals surface area contributed by atoms with E-state index >= 15 is 0 Å². The van der Waals surface area contributed by atoms with Crippen LogP contribution in [0.2, 0.25) is 0 Å². The number of hydrogen-bond acceptors (Lipinski definition) is 3. The van der Waals surface area contributed by atoms with E-state index in [1.165, 1.54) is 0 Å². The zero-order valence-electron chi connectivity index (χ0n) is 11.5. The number of aliphatic imine (C=N–C) groups is 1. The van der Waals surface area contributed by atoms with Crippen LogP contribution in [-0.4, -0.2) is 29.5 Å². The van der Waals surface area contributed by atoms with Crippen molar-refractivity contribution in [2.45, 2.75) is 33.4 Å². The number of nitrogens with zero attached hydrogens (tertiary/aromatic N) is 2. The Kier molecular flexibility index (Phi) is 3.54. The van der Waals surface area contributed by atoms with Crippen molar-refractivity contribution in [3.8, 4) is 0 Å². The molecule has 19 heavy (non-hydrogen) atoms. The molecule has 4 nitrogen and oxygen atoms in total. The van der Waals surface area contributed by atoms with E-state index < -0.39 is 0 Å². The third kappa shape index (κ3) is 2.74. The van der Waals surface area contributed by atoms with Gasteiger partial charge in [0.15, 0.2) is 0 Å². The Morgan fingerprint density at radius 2 is 2.05 bits per heavy atom. The molecule has 1 heterocycles. The Morgan fingerprint density at radius 1 is 1.37 bits per heavy atom. The topological polar surface area (TPSA) is 49.7 Å². The van der Waals surface area contributed by atoms with Crippen LogP contribution in [0, 0.1) is 5.41 Å². The van der Waals surface area contributed by atoms with Crippen LogP contribution in [0.25, 0.3) is 0 Å². The van der Waals surface area contributed by atoms with Gasteiger partial charge in [0.2, 0.25) is 6.08 Å². The molecule has 2 rings (SSSR count). The fourth-order valence-electron chi connectivity index (χ4n) is 2.24. The Bertz CT molecular complexity index is 539. The maximum atomic E-state index is 12.2. The maximum Gasteiger partial charge on any atom is 0.254 e. The summed E-state index contributed by atoms with van der Waals surface area (Å²) in [6.07, 6.45) is 1.62. The van der Waals surface area contributed by atoms with Crippen LogP contribution in [0.15, 0.2) is 29.3 Å². The summed E-state index contributed by atoms with van der Waals surface area (Å²) in [6.45, 7) is 7.06. The zero-order chi connectivity index (χ0) is 14.0. The highest BCUT2D eigenvalue weighted by atomic mass is 16.2. The maximum absolute atomic E-state index is 12.2. The monoisotopic (exact) mass is 258 g/mol. The highest BCUT2D eigenvalue weighted by Crippen LogP contribution is 2.27. The number of fused-ring (bicyclic) bond motifs is 1. The molecule has 0 fully saturated rings. The Hall–Kier alpha value is -1.93. The third-order valence-corrected chi connectivity index (χ3v) is 3.50. The molecular weight excluding hydrogens is 240 g/mol. The Morgan fingerprint density at radius 3 is 2.63 bits per heavy atom. The van der Waals surface area contributed by atoms with Crippen molar-refractivity contribution in [2.75, 3.05) is 6.54 Å². The van der Waals surface area contributed by atoms with Gasteiger partial charge in [-0.1, -0.05) is 39.0 Å². The molecule has 0 unspecified atom stereocenters. The second-order valence-electron chi connectivity index (χ2n) is 5.95. The molecule has 1 aromatic carbocycles. The minimum atomic E-state index is -0.233. The zero-order valence-corrected chi connectivity index (χ0v) is 11.5. The molecule has 1 aromatic rings. The standard InChI is InChI=1S/C15H18N2O2/c1-15(2,3)13(16-10-18)9-17-8-11-6-4-5-7-12(11)14(17)19/h4-7,13H,8-9H2,1-3H3/t13-/m1/s1. The summed E-state index contributed by atoms with van der Waals surface area (Å²) in [7, 11) is 0. The molecule has 1 aliphatic heterocycles. The van der Waals surface area contributed by atoms with E-state index in [1.54, 1.807) is 11.0 Å². The van der Waals surface area contributed by atoms with E-state index in [-0.39, 0.29) is 17.4 Å². The molecule has 0 saturated carbocycles. The molecule has 100 valence electrons. The number of amides is 1. The van der Waals surface area contributed by atoms with Crippen LogP contribution in [0.1, 0.15) is 36.7 Å². The molecule has 0 N–H and O–H groups in total. The predicted molar refractivity (Wildman–Crippen MR) is 72.5 cm³/mol. The fraction of sp³-hybridized carbons (Fsp3) is 0.467. The lowest BCUT2D eigenvalue weighted by molar-refractivity contribution is 0.0745. The number of benzene rings is 1. The van der Waals surface area contributed by atoms with Gasteiger partial charge in [0.25, 0.3) is 5.91 Å². The number of isocyanates is 1.